The van der Waals surface area contributed by atoms with Crippen LogP contribution in [0.15, 0.2) is 41.8 Å². The summed E-state index contributed by atoms with van der Waals surface area (Å²) in [5.41, 5.74) is 6.28. The van der Waals surface area contributed by atoms with Crippen LogP contribution in [-0.4, -0.2) is 16.8 Å². The number of hydrogen-bond donors (Lipinski definition) is 2. The minimum Gasteiger partial charge on any atom is -0.326 e. The highest BCUT2D eigenvalue weighted by atomic mass is 32.1. The largest absolute Gasteiger partial charge is 0.326 e. The zero-order chi connectivity index (χ0) is 18.3. The van der Waals surface area contributed by atoms with Gasteiger partial charge in [0.15, 0.2) is 5.13 Å². The predicted molar refractivity (Wildman–Crippen MR) is 104 cm³/mol. The molecule has 2 amide bonds. The zero-order valence-corrected chi connectivity index (χ0v) is 15.2. The quantitative estimate of drug-likeness (QED) is 0.733. The van der Waals surface area contributed by atoms with Crippen molar-refractivity contribution in [3.05, 3.63) is 64.0 Å². The number of benzene rings is 2. The second-order valence-corrected chi connectivity index (χ2v) is 7.32. The molecule has 1 aliphatic rings. The maximum absolute atomic E-state index is 12.5. The fraction of sp³-hybridized carbons (Fsp3) is 0.150. The molecule has 26 heavy (non-hydrogen) atoms. The van der Waals surface area contributed by atoms with Crippen LogP contribution in [0.3, 0.4) is 0 Å². The number of carbonyl (C=O) groups is 2. The fourth-order valence-corrected chi connectivity index (χ4v) is 3.84. The third-order valence-electron chi connectivity index (χ3n) is 4.23. The second kappa shape index (κ2) is 6.38. The average molecular weight is 363 g/mol. The van der Waals surface area contributed by atoms with Crippen molar-refractivity contribution in [3.8, 4) is 11.3 Å². The number of aryl methyl sites for hydroxylation is 2. The topological polar surface area (TPSA) is 71.1 Å². The highest BCUT2D eigenvalue weighted by molar-refractivity contribution is 7.14. The number of amides is 2. The summed E-state index contributed by atoms with van der Waals surface area (Å²) in [6.45, 7) is 3.94. The van der Waals surface area contributed by atoms with E-state index in [4.69, 9.17) is 0 Å². The monoisotopic (exact) mass is 363 g/mol. The Labute approximate surface area is 155 Å². The van der Waals surface area contributed by atoms with Gasteiger partial charge in [-0.25, -0.2) is 4.98 Å². The van der Waals surface area contributed by atoms with Gasteiger partial charge in [-0.3, -0.25) is 14.9 Å². The van der Waals surface area contributed by atoms with Gasteiger partial charge in [0.25, 0.3) is 5.91 Å². The Balaban J connectivity index is 1.54. The molecule has 0 unspecified atom stereocenters. The van der Waals surface area contributed by atoms with E-state index in [2.05, 4.69) is 15.6 Å². The Kier molecular flexibility index (Phi) is 4.05. The third kappa shape index (κ3) is 3.23. The summed E-state index contributed by atoms with van der Waals surface area (Å²) in [7, 11) is 0. The first kappa shape index (κ1) is 16.5. The average Bonchev–Trinajstić information content (AvgIpc) is 3.18. The molecule has 0 saturated heterocycles. The molecule has 0 spiro atoms. The standard InChI is InChI=1S/C20H17N3O2S/c1-11-5-12(2)7-15(6-11)19(25)23-20-22-17(10-26-20)13-3-4-16-14(8-13)9-18(24)21-16/h3-8,10H,9H2,1-2H3,(H,21,24)(H,22,23,25). The number of thiazole rings is 1. The molecule has 0 saturated carbocycles. The lowest BCUT2D eigenvalue weighted by molar-refractivity contribution is -0.115. The summed E-state index contributed by atoms with van der Waals surface area (Å²) >= 11 is 1.38. The number of aromatic nitrogens is 1. The fourth-order valence-electron chi connectivity index (χ4n) is 3.13. The van der Waals surface area contributed by atoms with Crippen molar-refractivity contribution in [1.82, 2.24) is 4.98 Å². The Hall–Kier alpha value is -2.99. The van der Waals surface area contributed by atoms with Crippen molar-refractivity contribution < 1.29 is 9.59 Å². The molecule has 4 rings (SSSR count). The molecule has 3 aromatic rings. The van der Waals surface area contributed by atoms with Crippen LogP contribution >= 0.6 is 11.3 Å². The Morgan fingerprint density at radius 1 is 1.15 bits per heavy atom. The normalized spacial score (nSPS) is 12.6. The van der Waals surface area contributed by atoms with Crippen LogP contribution in [0.4, 0.5) is 10.8 Å². The summed E-state index contributed by atoms with van der Waals surface area (Å²) in [5, 5.41) is 8.15. The van der Waals surface area contributed by atoms with Gasteiger partial charge in [-0.1, -0.05) is 23.3 Å². The molecule has 0 fully saturated rings. The number of fused-ring (bicyclic) bond motifs is 1. The van der Waals surface area contributed by atoms with Crippen LogP contribution in [0, 0.1) is 13.8 Å². The molecular formula is C20H17N3O2S. The lowest BCUT2D eigenvalue weighted by atomic mass is 10.1. The molecule has 130 valence electrons. The maximum Gasteiger partial charge on any atom is 0.257 e. The van der Waals surface area contributed by atoms with Crippen molar-refractivity contribution in [3.63, 3.8) is 0 Å². The molecule has 2 N–H and O–H groups in total. The highest BCUT2D eigenvalue weighted by Crippen LogP contribution is 2.31. The van der Waals surface area contributed by atoms with E-state index in [9.17, 15) is 9.59 Å². The molecule has 0 atom stereocenters. The Morgan fingerprint density at radius 2 is 1.92 bits per heavy atom. The summed E-state index contributed by atoms with van der Waals surface area (Å²) in [6, 6.07) is 11.5. The lowest BCUT2D eigenvalue weighted by Crippen LogP contribution is -2.12. The van der Waals surface area contributed by atoms with Crippen LogP contribution < -0.4 is 10.6 Å². The number of nitrogens with one attached hydrogen (secondary N) is 2. The Bertz CT molecular complexity index is 1020. The van der Waals surface area contributed by atoms with Crippen LogP contribution in [-0.2, 0) is 11.2 Å². The summed E-state index contributed by atoms with van der Waals surface area (Å²) in [5.74, 6) is -0.154. The van der Waals surface area contributed by atoms with Crippen molar-refractivity contribution in [2.24, 2.45) is 0 Å². The zero-order valence-electron chi connectivity index (χ0n) is 14.4. The summed E-state index contributed by atoms with van der Waals surface area (Å²) in [6.07, 6.45) is 0.392. The van der Waals surface area contributed by atoms with Gasteiger partial charge in [0.05, 0.1) is 12.1 Å². The van der Waals surface area contributed by atoms with Crippen molar-refractivity contribution in [2.75, 3.05) is 10.6 Å². The maximum atomic E-state index is 12.5. The first-order chi connectivity index (χ1) is 12.5. The van der Waals surface area contributed by atoms with Gasteiger partial charge in [-0.15, -0.1) is 11.3 Å². The molecule has 1 aliphatic heterocycles. The van der Waals surface area contributed by atoms with Crippen molar-refractivity contribution >= 4 is 34.0 Å². The van der Waals surface area contributed by atoms with E-state index in [1.807, 2.05) is 55.6 Å². The minimum atomic E-state index is -0.165. The SMILES string of the molecule is Cc1cc(C)cc(C(=O)Nc2nc(-c3ccc4c(c3)CC(=O)N4)cs2)c1. The lowest BCUT2D eigenvalue weighted by Gasteiger charge is -2.05. The van der Waals surface area contributed by atoms with Crippen LogP contribution in [0.25, 0.3) is 11.3 Å². The molecular weight excluding hydrogens is 346 g/mol. The van der Waals surface area contributed by atoms with E-state index in [1.54, 1.807) is 0 Å². The molecule has 0 aliphatic carbocycles. The summed E-state index contributed by atoms with van der Waals surface area (Å²) < 4.78 is 0. The van der Waals surface area contributed by atoms with Gasteiger partial charge in [0, 0.05) is 22.2 Å². The van der Waals surface area contributed by atoms with Crippen LogP contribution in [0.2, 0.25) is 0 Å². The van der Waals surface area contributed by atoms with E-state index in [0.29, 0.717) is 17.1 Å². The molecule has 0 bridgehead atoms. The number of hydrogen-bond acceptors (Lipinski definition) is 4. The number of anilines is 2. The molecule has 2 aromatic carbocycles. The van der Waals surface area contributed by atoms with Crippen LogP contribution in [0.5, 0.6) is 0 Å². The van der Waals surface area contributed by atoms with E-state index in [0.717, 1.165) is 33.6 Å². The first-order valence-electron chi connectivity index (χ1n) is 8.26. The second-order valence-electron chi connectivity index (χ2n) is 6.47. The van der Waals surface area contributed by atoms with Gasteiger partial charge in [0.2, 0.25) is 5.91 Å². The van der Waals surface area contributed by atoms with Gasteiger partial charge >= 0.3 is 0 Å². The minimum absolute atomic E-state index is 0.0110. The highest BCUT2D eigenvalue weighted by Gasteiger charge is 2.18. The smallest absolute Gasteiger partial charge is 0.257 e. The molecule has 0 radical (unpaired) electrons. The Morgan fingerprint density at radius 3 is 2.69 bits per heavy atom. The van der Waals surface area contributed by atoms with E-state index in [-0.39, 0.29) is 11.8 Å². The molecule has 2 heterocycles. The van der Waals surface area contributed by atoms with E-state index >= 15 is 0 Å². The van der Waals surface area contributed by atoms with Crippen molar-refractivity contribution in [1.29, 1.82) is 0 Å². The van der Waals surface area contributed by atoms with Gasteiger partial charge in [0.1, 0.15) is 0 Å². The van der Waals surface area contributed by atoms with E-state index < -0.39 is 0 Å². The molecule has 6 heteroatoms. The number of nitrogens with zero attached hydrogens (tertiary/aromatic N) is 1. The number of carbonyl (C=O) groups excluding carboxylic acids is 2. The van der Waals surface area contributed by atoms with Crippen LogP contribution in [0.1, 0.15) is 27.0 Å². The first-order valence-corrected chi connectivity index (χ1v) is 9.14. The van der Waals surface area contributed by atoms with Crippen molar-refractivity contribution in [2.45, 2.75) is 20.3 Å². The van der Waals surface area contributed by atoms with Gasteiger partial charge in [-0.05, 0) is 43.7 Å². The molecule has 1 aromatic heterocycles. The van der Waals surface area contributed by atoms with E-state index in [1.165, 1.54) is 11.3 Å². The molecule has 5 nitrogen and oxygen atoms in total. The van der Waals surface area contributed by atoms with Gasteiger partial charge in [-0.2, -0.15) is 0 Å². The van der Waals surface area contributed by atoms with Gasteiger partial charge < -0.3 is 5.32 Å². The predicted octanol–water partition coefficient (Wildman–Crippen LogP) is 4.17. The third-order valence-corrected chi connectivity index (χ3v) is 4.99. The number of rotatable bonds is 3. The summed E-state index contributed by atoms with van der Waals surface area (Å²) in [4.78, 5) is 28.5.